The molecule has 0 fully saturated rings. The van der Waals surface area contributed by atoms with Crippen molar-refractivity contribution in [3.05, 3.63) is 42.0 Å². The predicted molar refractivity (Wildman–Crippen MR) is 47.7 cm³/mol. The fraction of sp³-hybridized carbons (Fsp3) is 0.111. The summed E-state index contributed by atoms with van der Waals surface area (Å²) in [6.07, 6.45) is 1.32. The van der Waals surface area contributed by atoms with Gasteiger partial charge in [0.1, 0.15) is 0 Å². The van der Waals surface area contributed by atoms with E-state index in [2.05, 4.69) is 0 Å². The largest absolute Gasteiger partial charge is 0.807 e. The zero-order valence-corrected chi connectivity index (χ0v) is 8.03. The quantitative estimate of drug-likeness (QED) is 0.662. The summed E-state index contributed by atoms with van der Waals surface area (Å²) < 4.78 is 10.8. The number of benzene rings is 1. The highest BCUT2D eigenvalue weighted by molar-refractivity contribution is 7.60. The van der Waals surface area contributed by atoms with Crippen LogP contribution in [-0.4, -0.2) is 0 Å². The average molecular weight is 196 g/mol. The van der Waals surface area contributed by atoms with Gasteiger partial charge >= 0.3 is 0 Å². The van der Waals surface area contributed by atoms with E-state index < -0.39 is 7.60 Å². The maximum atomic E-state index is 10.8. The molecule has 0 aliphatic heterocycles. The molecule has 0 spiro atoms. The fourth-order valence-corrected chi connectivity index (χ4v) is 1.87. The third-order valence-corrected chi connectivity index (χ3v) is 2.74. The van der Waals surface area contributed by atoms with E-state index >= 15 is 0 Å². The third-order valence-electron chi connectivity index (χ3n) is 1.64. The van der Waals surface area contributed by atoms with E-state index in [1.165, 1.54) is 13.0 Å². The van der Waals surface area contributed by atoms with Crippen molar-refractivity contribution in [3.63, 3.8) is 0 Å². The number of hydrogen-bond acceptors (Lipinski definition) is 3. The van der Waals surface area contributed by atoms with Crippen molar-refractivity contribution in [2.75, 3.05) is 0 Å². The molecule has 0 aliphatic carbocycles. The van der Waals surface area contributed by atoms with E-state index in [4.69, 9.17) is 0 Å². The van der Waals surface area contributed by atoms with Crippen LogP contribution in [0.15, 0.2) is 36.4 Å². The molecule has 13 heavy (non-hydrogen) atoms. The molecule has 0 aromatic heterocycles. The standard InChI is InChI=1S/C9H11O3P/c1-2-9(13(10,11)12)8-6-4-3-5-7-8/h2-7H,1H3,(H2,10,11,12)/p-2/b9-2-. The molecule has 0 saturated heterocycles. The molecule has 0 saturated carbocycles. The second-order valence-corrected chi connectivity index (χ2v) is 4.01. The van der Waals surface area contributed by atoms with E-state index in [-0.39, 0.29) is 5.31 Å². The molecule has 70 valence electrons. The summed E-state index contributed by atoms with van der Waals surface area (Å²) in [6.45, 7) is 1.53. The van der Waals surface area contributed by atoms with Crippen molar-refractivity contribution < 1.29 is 14.4 Å². The maximum Gasteiger partial charge on any atom is -0.0127 e. The number of allylic oxidation sites excluding steroid dienone is 1. The Morgan fingerprint density at radius 2 is 1.85 bits per heavy atom. The van der Waals surface area contributed by atoms with E-state index in [0.29, 0.717) is 5.56 Å². The topological polar surface area (TPSA) is 63.2 Å². The second-order valence-electron chi connectivity index (χ2n) is 2.54. The summed E-state index contributed by atoms with van der Waals surface area (Å²) in [4.78, 5) is 21.5. The van der Waals surface area contributed by atoms with E-state index in [1.54, 1.807) is 30.3 Å². The Balaban J connectivity index is 3.15. The van der Waals surface area contributed by atoms with Crippen LogP contribution in [0.1, 0.15) is 12.5 Å². The molecule has 1 aromatic carbocycles. The van der Waals surface area contributed by atoms with E-state index in [1.807, 2.05) is 0 Å². The van der Waals surface area contributed by atoms with Crippen LogP contribution in [0.3, 0.4) is 0 Å². The molecule has 1 aromatic rings. The molecule has 0 unspecified atom stereocenters. The van der Waals surface area contributed by atoms with Gasteiger partial charge in [0.25, 0.3) is 0 Å². The summed E-state index contributed by atoms with van der Waals surface area (Å²) in [7, 11) is -4.64. The first-order chi connectivity index (χ1) is 6.05. The van der Waals surface area contributed by atoms with Crippen molar-refractivity contribution in [1.82, 2.24) is 0 Å². The van der Waals surface area contributed by atoms with Crippen molar-refractivity contribution in [2.45, 2.75) is 6.92 Å². The highest BCUT2D eigenvalue weighted by Crippen LogP contribution is 2.42. The van der Waals surface area contributed by atoms with Gasteiger partial charge in [-0.1, -0.05) is 36.4 Å². The first-order valence-electron chi connectivity index (χ1n) is 3.80. The van der Waals surface area contributed by atoms with Gasteiger partial charge < -0.3 is 14.4 Å². The molecule has 0 radical (unpaired) electrons. The van der Waals surface area contributed by atoms with Crippen LogP contribution in [0.5, 0.6) is 0 Å². The molecule has 0 N–H and O–H groups in total. The summed E-state index contributed by atoms with van der Waals surface area (Å²) >= 11 is 0. The van der Waals surface area contributed by atoms with Gasteiger partial charge in [-0.15, -0.1) is 0 Å². The summed E-state index contributed by atoms with van der Waals surface area (Å²) in [5.41, 5.74) is 0.443. The van der Waals surface area contributed by atoms with Crippen LogP contribution in [0.25, 0.3) is 5.31 Å². The third kappa shape index (κ3) is 2.52. The van der Waals surface area contributed by atoms with Gasteiger partial charge in [0.05, 0.1) is 0 Å². The van der Waals surface area contributed by atoms with Crippen molar-refractivity contribution in [1.29, 1.82) is 0 Å². The molecular weight excluding hydrogens is 187 g/mol. The molecule has 3 nitrogen and oxygen atoms in total. The monoisotopic (exact) mass is 196 g/mol. The van der Waals surface area contributed by atoms with Gasteiger partial charge in [0, 0.05) is 0 Å². The molecule has 1 rings (SSSR count). The van der Waals surface area contributed by atoms with Crippen molar-refractivity contribution in [2.24, 2.45) is 0 Å². The van der Waals surface area contributed by atoms with Crippen LogP contribution in [0.2, 0.25) is 0 Å². The van der Waals surface area contributed by atoms with Crippen LogP contribution in [0.4, 0.5) is 0 Å². The number of hydrogen-bond donors (Lipinski definition) is 0. The lowest BCUT2D eigenvalue weighted by Gasteiger charge is -2.32. The minimum absolute atomic E-state index is 0.145. The first-order valence-corrected chi connectivity index (χ1v) is 5.34. The molecule has 4 heteroatoms. The molecule has 0 bridgehead atoms. The lowest BCUT2D eigenvalue weighted by Crippen LogP contribution is -2.14. The van der Waals surface area contributed by atoms with Crippen molar-refractivity contribution >= 4 is 12.9 Å². The number of rotatable bonds is 2. The highest BCUT2D eigenvalue weighted by atomic mass is 31.2. The van der Waals surface area contributed by atoms with Gasteiger partial charge in [0.2, 0.25) is 0 Å². The van der Waals surface area contributed by atoms with Gasteiger partial charge in [-0.3, -0.25) is 0 Å². The molecule has 0 atom stereocenters. The Kier molecular flexibility index (Phi) is 3.04. The smallest absolute Gasteiger partial charge is 0.0127 e. The zero-order chi connectivity index (χ0) is 9.90. The molecule has 0 amide bonds. The Morgan fingerprint density at radius 3 is 2.23 bits per heavy atom. The Hall–Kier alpha value is -0.890. The molecule has 0 aliphatic rings. The second kappa shape index (κ2) is 3.88. The minimum Gasteiger partial charge on any atom is -0.807 e. The maximum absolute atomic E-state index is 10.8. The van der Waals surface area contributed by atoms with Crippen LogP contribution in [0, 0.1) is 0 Å². The highest BCUT2D eigenvalue weighted by Gasteiger charge is 2.02. The Labute approximate surface area is 76.9 Å². The Morgan fingerprint density at radius 1 is 1.31 bits per heavy atom. The molecular formula is C9H9O3P-2. The van der Waals surface area contributed by atoms with Crippen molar-refractivity contribution in [3.8, 4) is 0 Å². The van der Waals surface area contributed by atoms with Crippen LogP contribution < -0.4 is 9.79 Å². The van der Waals surface area contributed by atoms with Crippen LogP contribution >= 0.6 is 7.60 Å². The van der Waals surface area contributed by atoms with Crippen LogP contribution in [-0.2, 0) is 4.57 Å². The van der Waals surface area contributed by atoms with E-state index in [9.17, 15) is 14.4 Å². The zero-order valence-electron chi connectivity index (χ0n) is 7.14. The Bertz CT molecular complexity index is 350. The predicted octanol–water partition coefficient (Wildman–Crippen LogP) is 0.961. The average Bonchev–Trinajstić information content (AvgIpc) is 2.05. The van der Waals surface area contributed by atoms with Gasteiger partial charge in [-0.05, 0) is 25.4 Å². The first kappa shape index (κ1) is 10.2. The van der Waals surface area contributed by atoms with Gasteiger partial charge in [-0.25, -0.2) is 0 Å². The summed E-state index contributed by atoms with van der Waals surface area (Å²) in [5, 5.41) is -0.145. The van der Waals surface area contributed by atoms with E-state index in [0.717, 1.165) is 0 Å². The summed E-state index contributed by atoms with van der Waals surface area (Å²) in [6, 6.07) is 8.33. The molecule has 0 heterocycles. The minimum atomic E-state index is -4.64. The normalized spacial score (nSPS) is 13.0. The van der Waals surface area contributed by atoms with Gasteiger partial charge in [0.15, 0.2) is 0 Å². The SMILES string of the molecule is C/C=C(/c1ccccc1)P(=O)([O-])[O-]. The lowest BCUT2D eigenvalue weighted by atomic mass is 10.2. The summed E-state index contributed by atoms with van der Waals surface area (Å²) in [5.74, 6) is 0. The fourth-order valence-electron chi connectivity index (χ4n) is 1.09. The van der Waals surface area contributed by atoms with Gasteiger partial charge in [-0.2, -0.15) is 0 Å². The lowest BCUT2D eigenvalue weighted by molar-refractivity contribution is -0.307.